The number of benzene rings is 1. The third-order valence-electron chi connectivity index (χ3n) is 2.52. The Morgan fingerprint density at radius 1 is 1.26 bits per heavy atom. The molecule has 1 rings (SSSR count). The number of nitrogen functional groups attached to an aromatic ring is 1. The van der Waals surface area contributed by atoms with E-state index in [1.165, 1.54) is 0 Å². The van der Waals surface area contributed by atoms with Crippen molar-refractivity contribution in [3.63, 3.8) is 0 Å². The first-order valence-electron chi connectivity index (χ1n) is 6.57. The summed E-state index contributed by atoms with van der Waals surface area (Å²) in [5.74, 6) is 0.292. The van der Waals surface area contributed by atoms with Gasteiger partial charge >= 0.3 is 5.97 Å². The van der Waals surface area contributed by atoms with E-state index in [9.17, 15) is 4.79 Å². The Kier molecular flexibility index (Phi) is 6.57. The Labute approximate surface area is 113 Å². The predicted octanol–water partition coefficient (Wildman–Crippen LogP) is 3.08. The second-order valence-corrected chi connectivity index (χ2v) is 4.12. The average Bonchev–Trinajstić information content (AvgIpc) is 2.42. The third-order valence-corrected chi connectivity index (χ3v) is 2.52. The van der Waals surface area contributed by atoms with Crippen LogP contribution in [-0.2, 0) is 9.68 Å². The lowest BCUT2D eigenvalue weighted by Crippen LogP contribution is -2.08. The first-order valence-corrected chi connectivity index (χ1v) is 6.57. The van der Waals surface area contributed by atoms with Crippen LogP contribution in [0.3, 0.4) is 0 Å². The minimum atomic E-state index is -0.445. The molecule has 0 atom stereocenters. The van der Waals surface area contributed by atoms with Crippen LogP contribution < -0.4 is 15.4 Å². The van der Waals surface area contributed by atoms with Crippen molar-refractivity contribution in [1.29, 1.82) is 0 Å². The molecule has 0 radical (unpaired) electrons. The second kappa shape index (κ2) is 8.24. The van der Waals surface area contributed by atoms with Crippen LogP contribution in [-0.4, -0.2) is 12.6 Å². The summed E-state index contributed by atoms with van der Waals surface area (Å²) in [6.45, 7) is 4.36. The fourth-order valence-electron chi connectivity index (χ4n) is 1.43. The standard InChI is InChI=1S/C14H21NO4/c1-3-5-6-10-17-14-11(15)8-7-9-12(14)18-19-13(16)4-2/h7-9H,3-6,10,15H2,1-2H3. The van der Waals surface area contributed by atoms with Crippen molar-refractivity contribution >= 4 is 11.7 Å². The van der Waals surface area contributed by atoms with Gasteiger partial charge in [-0.2, -0.15) is 0 Å². The molecule has 0 aromatic heterocycles. The van der Waals surface area contributed by atoms with Crippen LogP contribution in [0, 0.1) is 0 Å². The van der Waals surface area contributed by atoms with Gasteiger partial charge in [-0.3, -0.25) is 9.78 Å². The van der Waals surface area contributed by atoms with Gasteiger partial charge in [-0.25, -0.2) is 4.79 Å². The van der Waals surface area contributed by atoms with Gasteiger partial charge in [0.25, 0.3) is 0 Å². The molecule has 0 saturated heterocycles. The summed E-state index contributed by atoms with van der Waals surface area (Å²) in [7, 11) is 0. The van der Waals surface area contributed by atoms with Crippen LogP contribution >= 0.6 is 0 Å². The molecule has 1 aromatic rings. The molecule has 0 spiro atoms. The van der Waals surface area contributed by atoms with Crippen molar-refractivity contribution < 1.29 is 19.3 Å². The lowest BCUT2D eigenvalue weighted by atomic mass is 10.2. The second-order valence-electron chi connectivity index (χ2n) is 4.12. The summed E-state index contributed by atoms with van der Waals surface area (Å²) in [6, 6.07) is 5.07. The third kappa shape index (κ3) is 5.07. The monoisotopic (exact) mass is 267 g/mol. The van der Waals surface area contributed by atoms with Gasteiger partial charge in [0.1, 0.15) is 0 Å². The van der Waals surface area contributed by atoms with Crippen LogP contribution in [0.2, 0.25) is 0 Å². The van der Waals surface area contributed by atoms with Gasteiger partial charge in [-0.15, -0.1) is 0 Å². The van der Waals surface area contributed by atoms with Crippen LogP contribution in [0.4, 0.5) is 5.69 Å². The topological polar surface area (TPSA) is 70.8 Å². The van der Waals surface area contributed by atoms with Crippen LogP contribution in [0.15, 0.2) is 18.2 Å². The number of para-hydroxylation sites is 1. The molecule has 1 aromatic carbocycles. The van der Waals surface area contributed by atoms with Crippen molar-refractivity contribution in [3.8, 4) is 11.5 Å². The highest BCUT2D eigenvalue weighted by atomic mass is 17.2. The Bertz CT molecular complexity index is 406. The molecule has 0 amide bonds. The van der Waals surface area contributed by atoms with Crippen molar-refractivity contribution in [2.75, 3.05) is 12.3 Å². The van der Waals surface area contributed by atoms with Crippen molar-refractivity contribution in [2.45, 2.75) is 39.5 Å². The molecule has 0 unspecified atom stereocenters. The molecule has 5 heteroatoms. The molecule has 0 heterocycles. The number of unbranched alkanes of at least 4 members (excludes halogenated alkanes) is 2. The van der Waals surface area contributed by atoms with Gasteiger partial charge in [0.15, 0.2) is 5.75 Å². The molecule has 0 saturated carbocycles. The highest BCUT2D eigenvalue weighted by Crippen LogP contribution is 2.33. The van der Waals surface area contributed by atoms with E-state index >= 15 is 0 Å². The van der Waals surface area contributed by atoms with Gasteiger partial charge in [0.05, 0.1) is 12.3 Å². The maximum absolute atomic E-state index is 11.1. The molecule has 0 fully saturated rings. The summed E-state index contributed by atoms with van der Waals surface area (Å²) >= 11 is 0. The fraction of sp³-hybridized carbons (Fsp3) is 0.500. The summed E-state index contributed by atoms with van der Waals surface area (Å²) in [4.78, 5) is 20.7. The van der Waals surface area contributed by atoms with Crippen molar-refractivity contribution in [3.05, 3.63) is 18.2 Å². The molecule has 0 aliphatic rings. The number of nitrogens with two attached hydrogens (primary N) is 1. The van der Waals surface area contributed by atoms with E-state index < -0.39 is 5.97 Å². The fourth-order valence-corrected chi connectivity index (χ4v) is 1.43. The smallest absolute Gasteiger partial charge is 0.355 e. The number of carbonyl (C=O) groups is 1. The summed E-state index contributed by atoms with van der Waals surface area (Å²) in [5.41, 5.74) is 6.29. The Morgan fingerprint density at radius 3 is 2.74 bits per heavy atom. The normalized spacial score (nSPS) is 10.0. The number of anilines is 1. The molecule has 19 heavy (non-hydrogen) atoms. The Morgan fingerprint density at radius 2 is 2.05 bits per heavy atom. The number of hydrogen-bond donors (Lipinski definition) is 1. The van der Waals surface area contributed by atoms with E-state index in [1.54, 1.807) is 25.1 Å². The van der Waals surface area contributed by atoms with E-state index in [4.69, 9.17) is 15.4 Å². The first kappa shape index (κ1) is 15.1. The SMILES string of the molecule is CCCCCOc1c(N)cccc1OOC(=O)CC. The molecular formula is C14H21NO4. The van der Waals surface area contributed by atoms with E-state index in [2.05, 4.69) is 11.8 Å². The van der Waals surface area contributed by atoms with Crippen LogP contribution in [0.25, 0.3) is 0 Å². The lowest BCUT2D eigenvalue weighted by molar-refractivity contribution is -0.213. The number of carbonyl (C=O) groups excluding carboxylic acids is 1. The molecule has 2 N–H and O–H groups in total. The first-order chi connectivity index (χ1) is 9.19. The summed E-state index contributed by atoms with van der Waals surface area (Å²) in [6.07, 6.45) is 3.40. The zero-order chi connectivity index (χ0) is 14.1. The maximum atomic E-state index is 11.1. The molecule has 0 aliphatic heterocycles. The number of rotatable bonds is 8. The molecule has 5 nitrogen and oxygen atoms in total. The lowest BCUT2D eigenvalue weighted by Gasteiger charge is -2.12. The van der Waals surface area contributed by atoms with Gasteiger partial charge in [0, 0.05) is 6.42 Å². The zero-order valence-electron chi connectivity index (χ0n) is 11.5. The van der Waals surface area contributed by atoms with Crippen molar-refractivity contribution in [2.24, 2.45) is 0 Å². The van der Waals surface area contributed by atoms with Gasteiger partial charge < -0.3 is 10.5 Å². The minimum Gasteiger partial charge on any atom is -0.488 e. The van der Waals surface area contributed by atoms with Crippen LogP contribution in [0.1, 0.15) is 39.5 Å². The molecule has 106 valence electrons. The summed E-state index contributed by atoms with van der Waals surface area (Å²) in [5, 5.41) is 0. The van der Waals surface area contributed by atoms with Crippen LogP contribution in [0.5, 0.6) is 11.5 Å². The predicted molar refractivity (Wildman–Crippen MR) is 72.9 cm³/mol. The highest BCUT2D eigenvalue weighted by Gasteiger charge is 2.12. The van der Waals surface area contributed by atoms with E-state index in [1.807, 2.05) is 0 Å². The quantitative estimate of drug-likeness (QED) is 0.339. The van der Waals surface area contributed by atoms with Gasteiger partial charge in [-0.05, 0) is 18.6 Å². The highest BCUT2D eigenvalue weighted by molar-refractivity contribution is 5.68. The van der Waals surface area contributed by atoms with Crippen molar-refractivity contribution in [1.82, 2.24) is 0 Å². The zero-order valence-corrected chi connectivity index (χ0v) is 11.5. The average molecular weight is 267 g/mol. The van der Waals surface area contributed by atoms with Gasteiger partial charge in [-0.1, -0.05) is 32.8 Å². The molecule has 0 bridgehead atoms. The maximum Gasteiger partial charge on any atom is 0.355 e. The van der Waals surface area contributed by atoms with Gasteiger partial charge in [0.2, 0.25) is 5.75 Å². The minimum absolute atomic E-state index is 0.245. The molecule has 0 aliphatic carbocycles. The number of hydrogen-bond acceptors (Lipinski definition) is 5. The molecular weight excluding hydrogens is 246 g/mol. The Balaban J connectivity index is 2.63. The Hall–Kier alpha value is -1.91. The van der Waals surface area contributed by atoms with E-state index in [0.29, 0.717) is 23.8 Å². The van der Waals surface area contributed by atoms with E-state index in [-0.39, 0.29) is 6.42 Å². The largest absolute Gasteiger partial charge is 0.488 e. The van der Waals surface area contributed by atoms with E-state index in [0.717, 1.165) is 19.3 Å². The summed E-state index contributed by atoms with van der Waals surface area (Å²) < 4.78 is 5.59. The number of ether oxygens (including phenoxy) is 1.